The molecule has 0 heteroatoms. The molecule has 4 rings (SSSR count). The topological polar surface area (TPSA) is 0 Å². The van der Waals surface area contributed by atoms with Gasteiger partial charge in [-0.3, -0.25) is 0 Å². The van der Waals surface area contributed by atoms with Crippen LogP contribution in [-0.2, 0) is 25.7 Å². The average molecular weight is 220 g/mol. The zero-order valence-electron chi connectivity index (χ0n) is 10.2. The van der Waals surface area contributed by atoms with E-state index in [0.717, 1.165) is 0 Å². The van der Waals surface area contributed by atoms with Crippen LogP contribution >= 0.6 is 0 Å². The SMILES string of the molecule is Cc1ccc2c3c1CCc1cccc(c1-3)CC2. The van der Waals surface area contributed by atoms with Crippen molar-refractivity contribution in [3.63, 3.8) is 0 Å². The largest absolute Gasteiger partial charge is 0.0617 e. The minimum absolute atomic E-state index is 1.22. The summed E-state index contributed by atoms with van der Waals surface area (Å²) in [6.45, 7) is 2.26. The Labute approximate surface area is 102 Å². The van der Waals surface area contributed by atoms with Crippen LogP contribution in [0.1, 0.15) is 27.8 Å². The summed E-state index contributed by atoms with van der Waals surface area (Å²) in [7, 11) is 0. The van der Waals surface area contributed by atoms with Gasteiger partial charge in [0.2, 0.25) is 0 Å². The lowest BCUT2D eigenvalue weighted by molar-refractivity contribution is 0.870. The van der Waals surface area contributed by atoms with E-state index in [4.69, 9.17) is 0 Å². The fraction of sp³-hybridized carbons (Fsp3) is 0.294. The van der Waals surface area contributed by atoms with Crippen molar-refractivity contribution < 1.29 is 0 Å². The van der Waals surface area contributed by atoms with Crippen LogP contribution in [0.4, 0.5) is 0 Å². The Morgan fingerprint density at radius 3 is 2.12 bits per heavy atom. The first-order valence-electron chi connectivity index (χ1n) is 6.57. The molecular weight excluding hydrogens is 204 g/mol. The van der Waals surface area contributed by atoms with Crippen molar-refractivity contribution in [2.45, 2.75) is 32.6 Å². The van der Waals surface area contributed by atoms with E-state index in [1.807, 2.05) is 0 Å². The normalized spacial score (nSPS) is 15.6. The highest BCUT2D eigenvalue weighted by molar-refractivity contribution is 5.81. The first kappa shape index (κ1) is 9.47. The summed E-state index contributed by atoms with van der Waals surface area (Å²) in [5.41, 5.74) is 11.0. The highest BCUT2D eigenvalue weighted by Gasteiger charge is 2.25. The van der Waals surface area contributed by atoms with Gasteiger partial charge in [-0.05, 0) is 71.6 Å². The standard InChI is InChI=1S/C17H16/c1-11-5-6-14-8-7-12-3-2-4-13-9-10-15(11)17(14)16(12)13/h2-6H,7-10H2,1H3. The zero-order chi connectivity index (χ0) is 11.4. The molecule has 0 radical (unpaired) electrons. The maximum absolute atomic E-state index is 2.35. The summed E-state index contributed by atoms with van der Waals surface area (Å²) in [5, 5.41) is 0. The van der Waals surface area contributed by atoms with Gasteiger partial charge in [0.15, 0.2) is 0 Å². The summed E-state index contributed by atoms with van der Waals surface area (Å²) in [4.78, 5) is 0. The molecule has 2 aromatic carbocycles. The van der Waals surface area contributed by atoms with Crippen LogP contribution in [0.3, 0.4) is 0 Å². The van der Waals surface area contributed by atoms with Gasteiger partial charge in [0.1, 0.15) is 0 Å². The second-order valence-corrected chi connectivity index (χ2v) is 5.35. The molecule has 0 saturated heterocycles. The third-order valence-electron chi connectivity index (χ3n) is 4.43. The Balaban J connectivity index is 2.15. The van der Waals surface area contributed by atoms with Crippen molar-refractivity contribution in [2.24, 2.45) is 0 Å². The molecule has 2 aromatic rings. The summed E-state index contributed by atoms with van der Waals surface area (Å²) < 4.78 is 0. The van der Waals surface area contributed by atoms with E-state index in [1.54, 1.807) is 33.4 Å². The number of rotatable bonds is 0. The number of aryl methyl sites for hydroxylation is 4. The molecule has 0 nitrogen and oxygen atoms in total. The van der Waals surface area contributed by atoms with Crippen molar-refractivity contribution in [1.29, 1.82) is 0 Å². The van der Waals surface area contributed by atoms with Gasteiger partial charge in [-0.1, -0.05) is 30.3 Å². The fourth-order valence-electron chi connectivity index (χ4n) is 3.56. The van der Waals surface area contributed by atoms with Crippen LogP contribution in [0, 0.1) is 6.92 Å². The van der Waals surface area contributed by atoms with Crippen molar-refractivity contribution in [1.82, 2.24) is 0 Å². The Kier molecular flexibility index (Phi) is 1.80. The first-order valence-corrected chi connectivity index (χ1v) is 6.57. The Morgan fingerprint density at radius 1 is 0.706 bits per heavy atom. The lowest BCUT2D eigenvalue weighted by atomic mass is 9.74. The number of benzene rings is 2. The first-order chi connectivity index (χ1) is 8.34. The zero-order valence-corrected chi connectivity index (χ0v) is 10.2. The van der Waals surface area contributed by atoms with E-state index in [1.165, 1.54) is 31.2 Å². The maximum atomic E-state index is 2.35. The van der Waals surface area contributed by atoms with Crippen molar-refractivity contribution >= 4 is 0 Å². The molecule has 0 aliphatic heterocycles. The van der Waals surface area contributed by atoms with Gasteiger partial charge in [-0.2, -0.15) is 0 Å². The van der Waals surface area contributed by atoms with E-state index in [9.17, 15) is 0 Å². The molecule has 0 unspecified atom stereocenters. The van der Waals surface area contributed by atoms with Gasteiger partial charge in [0.05, 0.1) is 0 Å². The van der Waals surface area contributed by atoms with Gasteiger partial charge < -0.3 is 0 Å². The third kappa shape index (κ3) is 1.18. The molecule has 0 heterocycles. The third-order valence-corrected chi connectivity index (χ3v) is 4.43. The number of hydrogen-bond acceptors (Lipinski definition) is 0. The van der Waals surface area contributed by atoms with Gasteiger partial charge in [0, 0.05) is 0 Å². The molecule has 2 aliphatic carbocycles. The molecule has 2 aliphatic rings. The molecule has 84 valence electrons. The molecule has 17 heavy (non-hydrogen) atoms. The van der Waals surface area contributed by atoms with Crippen molar-refractivity contribution in [3.8, 4) is 11.1 Å². The van der Waals surface area contributed by atoms with Crippen LogP contribution in [0.25, 0.3) is 11.1 Å². The second-order valence-electron chi connectivity index (χ2n) is 5.35. The smallest absolute Gasteiger partial charge is 0.0111 e. The average Bonchev–Trinajstić information content (AvgIpc) is 2.38. The molecule has 0 bridgehead atoms. The lowest BCUT2D eigenvalue weighted by Gasteiger charge is -2.30. The van der Waals surface area contributed by atoms with Crippen LogP contribution in [0.2, 0.25) is 0 Å². The minimum atomic E-state index is 1.22. The fourth-order valence-corrected chi connectivity index (χ4v) is 3.56. The van der Waals surface area contributed by atoms with E-state index in [-0.39, 0.29) is 0 Å². The highest BCUT2D eigenvalue weighted by Crippen LogP contribution is 2.43. The highest BCUT2D eigenvalue weighted by atomic mass is 14.3. The molecular formula is C17H16. The lowest BCUT2D eigenvalue weighted by Crippen LogP contribution is -2.14. The van der Waals surface area contributed by atoms with E-state index >= 15 is 0 Å². The molecule has 0 amide bonds. The molecule has 0 saturated carbocycles. The predicted octanol–water partition coefficient (Wildman–Crippen LogP) is 3.86. The minimum Gasteiger partial charge on any atom is -0.0617 e. The van der Waals surface area contributed by atoms with E-state index in [0.29, 0.717) is 0 Å². The van der Waals surface area contributed by atoms with Gasteiger partial charge in [-0.25, -0.2) is 0 Å². The molecule has 0 spiro atoms. The quantitative estimate of drug-likeness (QED) is 0.632. The van der Waals surface area contributed by atoms with E-state index < -0.39 is 0 Å². The van der Waals surface area contributed by atoms with Crippen molar-refractivity contribution in [2.75, 3.05) is 0 Å². The van der Waals surface area contributed by atoms with Crippen LogP contribution in [0.5, 0.6) is 0 Å². The molecule has 0 fully saturated rings. The monoisotopic (exact) mass is 220 g/mol. The summed E-state index contributed by atoms with van der Waals surface area (Å²) in [5.74, 6) is 0. The maximum Gasteiger partial charge on any atom is -0.0111 e. The Bertz CT molecular complexity index is 606. The van der Waals surface area contributed by atoms with Gasteiger partial charge >= 0.3 is 0 Å². The summed E-state index contributed by atoms with van der Waals surface area (Å²) >= 11 is 0. The number of hydrogen-bond donors (Lipinski definition) is 0. The Morgan fingerprint density at radius 2 is 1.35 bits per heavy atom. The van der Waals surface area contributed by atoms with Crippen LogP contribution in [-0.4, -0.2) is 0 Å². The predicted molar refractivity (Wildman–Crippen MR) is 71.4 cm³/mol. The molecule has 0 N–H and O–H groups in total. The van der Waals surface area contributed by atoms with Crippen LogP contribution in [0.15, 0.2) is 30.3 Å². The Hall–Kier alpha value is -1.56. The van der Waals surface area contributed by atoms with E-state index in [2.05, 4.69) is 37.3 Å². The summed E-state index contributed by atoms with van der Waals surface area (Å²) in [6.07, 6.45) is 4.89. The molecule has 0 atom stereocenters. The van der Waals surface area contributed by atoms with Crippen molar-refractivity contribution in [3.05, 3.63) is 58.1 Å². The second kappa shape index (κ2) is 3.22. The molecule has 0 aromatic heterocycles. The van der Waals surface area contributed by atoms with Crippen LogP contribution < -0.4 is 0 Å². The van der Waals surface area contributed by atoms with Gasteiger partial charge in [0.25, 0.3) is 0 Å². The summed E-state index contributed by atoms with van der Waals surface area (Å²) in [6, 6.07) is 11.5. The van der Waals surface area contributed by atoms with Gasteiger partial charge in [-0.15, -0.1) is 0 Å².